The van der Waals surface area contributed by atoms with Crippen molar-refractivity contribution in [3.05, 3.63) is 24.5 Å². The predicted molar refractivity (Wildman–Crippen MR) is 72.3 cm³/mol. The minimum Gasteiger partial charge on any atom is -0.356 e. The lowest BCUT2D eigenvalue weighted by atomic mass is 10.1. The number of aromatic nitrogens is 1. The third-order valence-corrected chi connectivity index (χ3v) is 3.55. The van der Waals surface area contributed by atoms with Gasteiger partial charge in [0.1, 0.15) is 0 Å². The minimum absolute atomic E-state index is 0.205. The average molecular weight is 249 g/mol. The molecule has 0 bridgehead atoms. The van der Waals surface area contributed by atoms with Crippen molar-refractivity contribution in [3.63, 3.8) is 0 Å². The fourth-order valence-electron chi connectivity index (χ4n) is 2.56. The minimum atomic E-state index is 0.205. The molecule has 1 aromatic rings. The summed E-state index contributed by atoms with van der Waals surface area (Å²) in [6.07, 6.45) is 6.36. The quantitative estimate of drug-likeness (QED) is 0.826. The molecule has 0 spiro atoms. The molecule has 0 aromatic carbocycles. The van der Waals surface area contributed by atoms with Gasteiger partial charge in [-0.15, -0.1) is 0 Å². The summed E-state index contributed by atoms with van der Waals surface area (Å²) in [6, 6.07) is 4.11. The molecule has 1 aliphatic heterocycles. The maximum absolute atomic E-state index is 11.7. The Bertz CT molecular complexity index is 361. The van der Waals surface area contributed by atoms with Crippen LogP contribution in [0.15, 0.2) is 24.5 Å². The molecule has 1 aliphatic rings. The second kappa shape index (κ2) is 6.59. The van der Waals surface area contributed by atoms with Crippen molar-refractivity contribution < 1.29 is 4.79 Å². The van der Waals surface area contributed by atoms with Gasteiger partial charge in [0.05, 0.1) is 5.92 Å². The summed E-state index contributed by atoms with van der Waals surface area (Å²) in [6.45, 7) is 6.86. The molecular weight excluding hydrogens is 226 g/mol. The van der Waals surface area contributed by atoms with Crippen LogP contribution in [0, 0.1) is 5.92 Å². The van der Waals surface area contributed by atoms with Gasteiger partial charge in [-0.2, -0.15) is 0 Å². The molecule has 1 unspecified atom stereocenters. The van der Waals surface area contributed by atoms with Crippen LogP contribution in [0.5, 0.6) is 0 Å². The Labute approximate surface area is 109 Å². The van der Waals surface area contributed by atoms with E-state index in [1.807, 2.05) is 6.92 Å². The Kier molecular flexibility index (Phi) is 4.81. The van der Waals surface area contributed by atoms with Crippen molar-refractivity contribution in [2.24, 2.45) is 5.92 Å². The lowest BCUT2D eigenvalue weighted by molar-refractivity contribution is -0.124. The summed E-state index contributed by atoms with van der Waals surface area (Å²) in [5.74, 6) is 0.432. The van der Waals surface area contributed by atoms with Crippen molar-refractivity contribution in [2.45, 2.75) is 26.3 Å². The van der Waals surface area contributed by atoms with Crippen LogP contribution in [0.4, 0.5) is 0 Å². The molecule has 0 saturated carbocycles. The summed E-state index contributed by atoms with van der Waals surface area (Å²) in [5, 5.41) is 2.92. The number of aryl methyl sites for hydroxylation is 1. The van der Waals surface area contributed by atoms with Crippen LogP contribution in [0.3, 0.4) is 0 Å². The number of rotatable bonds is 6. The van der Waals surface area contributed by atoms with Gasteiger partial charge in [0.2, 0.25) is 5.91 Å². The topological polar surface area (TPSA) is 37.3 Å². The number of carbonyl (C=O) groups is 1. The number of hydrogen-bond acceptors (Lipinski definition) is 2. The van der Waals surface area contributed by atoms with Gasteiger partial charge >= 0.3 is 0 Å². The number of amides is 1. The van der Waals surface area contributed by atoms with E-state index in [0.717, 1.165) is 45.6 Å². The Hall–Kier alpha value is -1.29. The fourth-order valence-corrected chi connectivity index (χ4v) is 2.56. The molecular formula is C14H23N3O. The highest BCUT2D eigenvalue weighted by atomic mass is 16.1. The van der Waals surface area contributed by atoms with E-state index < -0.39 is 0 Å². The van der Waals surface area contributed by atoms with Gasteiger partial charge in [0, 0.05) is 32.0 Å². The standard InChI is InChI=1S/C14H23N3O/c1-2-15-14(18)13-6-11-17(12-13)10-5-9-16-7-3-4-8-16/h3-4,7-8,13H,2,5-6,9-12H2,1H3,(H,15,18). The summed E-state index contributed by atoms with van der Waals surface area (Å²) >= 11 is 0. The maximum Gasteiger partial charge on any atom is 0.224 e. The first kappa shape index (κ1) is 13.1. The highest BCUT2D eigenvalue weighted by molar-refractivity contribution is 5.79. The van der Waals surface area contributed by atoms with E-state index in [9.17, 15) is 4.79 Å². The Morgan fingerprint density at radius 2 is 2.11 bits per heavy atom. The molecule has 1 aromatic heterocycles. The molecule has 1 amide bonds. The van der Waals surface area contributed by atoms with Crippen molar-refractivity contribution in [1.82, 2.24) is 14.8 Å². The van der Waals surface area contributed by atoms with E-state index in [1.165, 1.54) is 0 Å². The van der Waals surface area contributed by atoms with Crippen LogP contribution in [0.2, 0.25) is 0 Å². The molecule has 2 rings (SSSR count). The van der Waals surface area contributed by atoms with Gasteiger partial charge in [-0.05, 0) is 45.0 Å². The Balaban J connectivity index is 1.65. The summed E-state index contributed by atoms with van der Waals surface area (Å²) in [7, 11) is 0. The summed E-state index contributed by atoms with van der Waals surface area (Å²) < 4.78 is 2.21. The van der Waals surface area contributed by atoms with E-state index in [-0.39, 0.29) is 11.8 Å². The average Bonchev–Trinajstić information content (AvgIpc) is 3.00. The molecule has 1 fully saturated rings. The number of nitrogens with zero attached hydrogens (tertiary/aromatic N) is 2. The molecule has 2 heterocycles. The van der Waals surface area contributed by atoms with Crippen LogP contribution in [0.1, 0.15) is 19.8 Å². The van der Waals surface area contributed by atoms with Gasteiger partial charge in [0.15, 0.2) is 0 Å². The highest BCUT2D eigenvalue weighted by Crippen LogP contribution is 2.16. The van der Waals surface area contributed by atoms with Gasteiger partial charge in [-0.1, -0.05) is 0 Å². The van der Waals surface area contributed by atoms with Crippen molar-refractivity contribution in [1.29, 1.82) is 0 Å². The first-order valence-electron chi connectivity index (χ1n) is 6.90. The van der Waals surface area contributed by atoms with E-state index in [4.69, 9.17) is 0 Å². The zero-order valence-corrected chi connectivity index (χ0v) is 11.1. The van der Waals surface area contributed by atoms with Gasteiger partial charge in [0.25, 0.3) is 0 Å². The molecule has 100 valence electrons. The molecule has 0 aliphatic carbocycles. The number of nitrogens with one attached hydrogen (secondary N) is 1. The third-order valence-electron chi connectivity index (χ3n) is 3.55. The van der Waals surface area contributed by atoms with E-state index in [2.05, 4.69) is 39.3 Å². The zero-order chi connectivity index (χ0) is 12.8. The van der Waals surface area contributed by atoms with Crippen molar-refractivity contribution in [2.75, 3.05) is 26.2 Å². The number of carbonyl (C=O) groups excluding carboxylic acids is 1. The van der Waals surface area contributed by atoms with Gasteiger partial charge in [-0.25, -0.2) is 0 Å². The lowest BCUT2D eigenvalue weighted by Crippen LogP contribution is -2.32. The lowest BCUT2D eigenvalue weighted by Gasteiger charge is -2.15. The zero-order valence-electron chi connectivity index (χ0n) is 11.1. The molecule has 4 heteroatoms. The maximum atomic E-state index is 11.7. The smallest absolute Gasteiger partial charge is 0.224 e. The van der Waals surface area contributed by atoms with E-state index in [0.29, 0.717) is 0 Å². The van der Waals surface area contributed by atoms with E-state index >= 15 is 0 Å². The van der Waals surface area contributed by atoms with Crippen LogP contribution < -0.4 is 5.32 Å². The summed E-state index contributed by atoms with van der Waals surface area (Å²) in [4.78, 5) is 14.1. The first-order valence-corrected chi connectivity index (χ1v) is 6.90. The Morgan fingerprint density at radius 3 is 2.83 bits per heavy atom. The number of hydrogen-bond donors (Lipinski definition) is 1. The fraction of sp³-hybridized carbons (Fsp3) is 0.643. The third kappa shape index (κ3) is 3.60. The van der Waals surface area contributed by atoms with Crippen LogP contribution in [0.25, 0.3) is 0 Å². The molecule has 4 nitrogen and oxygen atoms in total. The monoisotopic (exact) mass is 249 g/mol. The summed E-state index contributed by atoms with van der Waals surface area (Å²) in [5.41, 5.74) is 0. The van der Waals surface area contributed by atoms with E-state index in [1.54, 1.807) is 0 Å². The largest absolute Gasteiger partial charge is 0.356 e. The van der Waals surface area contributed by atoms with Crippen LogP contribution in [-0.2, 0) is 11.3 Å². The van der Waals surface area contributed by atoms with Crippen LogP contribution >= 0.6 is 0 Å². The second-order valence-electron chi connectivity index (χ2n) is 4.96. The molecule has 0 radical (unpaired) electrons. The predicted octanol–water partition coefficient (Wildman–Crippen LogP) is 1.34. The SMILES string of the molecule is CCNC(=O)C1CCN(CCCn2cccc2)C1. The van der Waals surface area contributed by atoms with Gasteiger partial charge < -0.3 is 14.8 Å². The molecule has 1 atom stereocenters. The first-order chi connectivity index (χ1) is 8.79. The van der Waals surface area contributed by atoms with Gasteiger partial charge in [-0.3, -0.25) is 4.79 Å². The molecule has 1 saturated heterocycles. The normalized spacial score (nSPS) is 20.2. The van der Waals surface area contributed by atoms with Crippen LogP contribution in [-0.4, -0.2) is 41.6 Å². The second-order valence-corrected chi connectivity index (χ2v) is 4.96. The molecule has 18 heavy (non-hydrogen) atoms. The molecule has 1 N–H and O–H groups in total. The van der Waals surface area contributed by atoms with Crippen molar-refractivity contribution >= 4 is 5.91 Å². The Morgan fingerprint density at radius 1 is 1.33 bits per heavy atom. The highest BCUT2D eigenvalue weighted by Gasteiger charge is 2.27. The number of likely N-dealkylation sites (tertiary alicyclic amines) is 1. The van der Waals surface area contributed by atoms with Crippen molar-refractivity contribution in [3.8, 4) is 0 Å².